The van der Waals surface area contributed by atoms with E-state index in [2.05, 4.69) is 36.8 Å². The van der Waals surface area contributed by atoms with E-state index >= 15 is 0 Å². The monoisotopic (exact) mass is 588 g/mol. The molecule has 0 amide bonds. The molecule has 4 nitrogen and oxygen atoms in total. The molecule has 0 unspecified atom stereocenters. The van der Waals surface area contributed by atoms with Crippen LogP contribution in [-0.2, 0) is 0 Å². The summed E-state index contributed by atoms with van der Waals surface area (Å²) in [7, 11) is 1.93. The Bertz CT molecular complexity index is 1370. The maximum Gasteiger partial charge on any atom is 0.196 e. The Labute approximate surface area is 221 Å². The Balaban J connectivity index is 1.52. The first-order valence-electron chi connectivity index (χ1n) is 11.1. The van der Waals surface area contributed by atoms with Gasteiger partial charge in [-0.2, -0.15) is 0 Å². The number of nitrogens with zero attached hydrogens (tertiary/aromatic N) is 2. The van der Waals surface area contributed by atoms with Gasteiger partial charge in [-0.1, -0.05) is 44.0 Å². The summed E-state index contributed by atoms with van der Waals surface area (Å²) >= 11 is 7.02. The van der Waals surface area contributed by atoms with Gasteiger partial charge in [-0.25, -0.2) is 0 Å². The maximum absolute atomic E-state index is 13.1. The molecule has 35 heavy (non-hydrogen) atoms. The van der Waals surface area contributed by atoms with Crippen LogP contribution < -0.4 is 9.80 Å². The predicted molar refractivity (Wildman–Crippen MR) is 150 cm³/mol. The molecule has 1 aliphatic rings. The summed E-state index contributed by atoms with van der Waals surface area (Å²) < 4.78 is 2.01. The van der Waals surface area contributed by atoms with E-state index in [1.165, 1.54) is 0 Å². The van der Waals surface area contributed by atoms with E-state index in [0.29, 0.717) is 23.2 Å². The molecule has 0 aliphatic carbocycles. The molecule has 0 bridgehead atoms. The van der Waals surface area contributed by atoms with Crippen molar-refractivity contribution < 1.29 is 9.90 Å². The SMILES string of the molecule is CN1CC(=C(O)c2ccc(N(c3ccc(Br)cc3)c3ccc(Br)cc3)cc2)C(=O)c2ccccc21. The molecule has 0 fully saturated rings. The third-order valence-corrected chi connectivity index (χ3v) is 7.14. The Morgan fingerprint density at radius 2 is 1.26 bits per heavy atom. The van der Waals surface area contributed by atoms with Crippen LogP contribution in [0.25, 0.3) is 5.76 Å². The molecule has 0 saturated heterocycles. The average Bonchev–Trinajstić information content (AvgIpc) is 2.89. The van der Waals surface area contributed by atoms with Crippen LogP contribution in [-0.4, -0.2) is 24.5 Å². The second-order valence-corrected chi connectivity index (χ2v) is 10.2. The number of hydrogen-bond donors (Lipinski definition) is 1. The topological polar surface area (TPSA) is 43.8 Å². The van der Waals surface area contributed by atoms with Crippen molar-refractivity contribution in [3.8, 4) is 0 Å². The van der Waals surface area contributed by atoms with E-state index in [1.54, 1.807) is 6.07 Å². The Hall–Kier alpha value is -3.35. The largest absolute Gasteiger partial charge is 0.507 e. The highest BCUT2D eigenvalue weighted by Crippen LogP contribution is 2.37. The molecule has 1 N–H and O–H groups in total. The number of fused-ring (bicyclic) bond motifs is 1. The molecule has 0 saturated carbocycles. The predicted octanol–water partition coefficient (Wildman–Crippen LogP) is 8.28. The van der Waals surface area contributed by atoms with Gasteiger partial charge in [0.2, 0.25) is 0 Å². The Morgan fingerprint density at radius 3 is 1.80 bits per heavy atom. The van der Waals surface area contributed by atoms with E-state index < -0.39 is 0 Å². The van der Waals surface area contributed by atoms with Crippen molar-refractivity contribution in [2.45, 2.75) is 0 Å². The van der Waals surface area contributed by atoms with Crippen LogP contribution in [0.15, 0.2) is 112 Å². The van der Waals surface area contributed by atoms with Gasteiger partial charge in [-0.3, -0.25) is 4.79 Å². The number of halogens is 2. The first-order valence-corrected chi connectivity index (χ1v) is 12.7. The Kier molecular flexibility index (Phi) is 6.50. The van der Waals surface area contributed by atoms with Crippen LogP contribution in [0.5, 0.6) is 0 Å². The van der Waals surface area contributed by atoms with Crippen molar-refractivity contribution in [1.29, 1.82) is 0 Å². The number of Topliss-reactive ketones (excluding diaryl/α,β-unsaturated/α-hetero) is 1. The molecule has 174 valence electrons. The number of hydrogen-bond acceptors (Lipinski definition) is 4. The summed E-state index contributed by atoms with van der Waals surface area (Å²) in [5.74, 6) is -0.117. The quantitative estimate of drug-likeness (QED) is 0.192. The van der Waals surface area contributed by atoms with Crippen LogP contribution in [0.3, 0.4) is 0 Å². The lowest BCUT2D eigenvalue weighted by Gasteiger charge is -2.29. The van der Waals surface area contributed by atoms with E-state index in [9.17, 15) is 9.90 Å². The highest BCUT2D eigenvalue weighted by molar-refractivity contribution is 9.10. The molecule has 0 spiro atoms. The van der Waals surface area contributed by atoms with Gasteiger partial charge < -0.3 is 14.9 Å². The third kappa shape index (κ3) is 4.64. The van der Waals surface area contributed by atoms with Crippen LogP contribution in [0.1, 0.15) is 15.9 Å². The van der Waals surface area contributed by atoms with Gasteiger partial charge in [-0.05, 0) is 84.9 Å². The van der Waals surface area contributed by atoms with Crippen molar-refractivity contribution in [2.75, 3.05) is 23.4 Å². The summed E-state index contributed by atoms with van der Waals surface area (Å²) in [5, 5.41) is 11.1. The van der Waals surface area contributed by atoms with E-state index in [0.717, 1.165) is 31.7 Å². The molecule has 6 heteroatoms. The number of carbonyl (C=O) groups is 1. The van der Waals surface area contributed by atoms with Crippen LogP contribution in [0.4, 0.5) is 22.7 Å². The molecule has 4 aromatic rings. The van der Waals surface area contributed by atoms with Gasteiger partial charge in [0.1, 0.15) is 5.76 Å². The van der Waals surface area contributed by atoms with Gasteiger partial charge in [0.15, 0.2) is 5.78 Å². The normalized spacial score (nSPS) is 14.5. The van der Waals surface area contributed by atoms with Crippen molar-refractivity contribution in [2.24, 2.45) is 0 Å². The van der Waals surface area contributed by atoms with E-state index in [-0.39, 0.29) is 11.5 Å². The first-order chi connectivity index (χ1) is 16.9. The Morgan fingerprint density at radius 1 is 0.771 bits per heavy atom. The second kappa shape index (κ2) is 9.72. The molecular weight excluding hydrogens is 568 g/mol. The minimum atomic E-state index is -0.133. The molecular formula is C29H22Br2N2O2. The molecule has 5 rings (SSSR count). The molecule has 1 aliphatic heterocycles. The first kappa shape index (κ1) is 23.4. The lowest BCUT2D eigenvalue weighted by molar-refractivity contribution is 0.102. The minimum Gasteiger partial charge on any atom is -0.507 e. The van der Waals surface area contributed by atoms with Crippen LogP contribution in [0.2, 0.25) is 0 Å². The number of carbonyl (C=O) groups excluding carboxylic acids is 1. The summed E-state index contributed by atoms with van der Waals surface area (Å²) in [4.78, 5) is 17.2. The van der Waals surface area contributed by atoms with Crippen molar-refractivity contribution >= 4 is 66.2 Å². The van der Waals surface area contributed by atoms with Crippen LogP contribution >= 0.6 is 31.9 Å². The number of para-hydroxylation sites is 1. The molecule has 0 atom stereocenters. The number of likely N-dealkylation sites (N-methyl/N-ethyl adjacent to an activating group) is 1. The summed E-state index contributed by atoms with van der Waals surface area (Å²) in [5.41, 5.74) is 5.44. The highest BCUT2D eigenvalue weighted by atomic mass is 79.9. The number of ketones is 1. The zero-order valence-electron chi connectivity index (χ0n) is 19.0. The zero-order valence-corrected chi connectivity index (χ0v) is 22.1. The number of benzene rings is 4. The number of aliphatic hydroxyl groups excluding tert-OH is 1. The maximum atomic E-state index is 13.1. The fourth-order valence-corrected chi connectivity index (χ4v) is 4.84. The molecule has 1 heterocycles. The number of rotatable bonds is 4. The van der Waals surface area contributed by atoms with Gasteiger partial charge >= 0.3 is 0 Å². The van der Waals surface area contributed by atoms with Crippen molar-refractivity contribution in [1.82, 2.24) is 0 Å². The fraction of sp³-hybridized carbons (Fsp3) is 0.0690. The second-order valence-electron chi connectivity index (χ2n) is 8.36. The van der Waals surface area contributed by atoms with Crippen molar-refractivity contribution in [3.05, 3.63) is 123 Å². The van der Waals surface area contributed by atoms with Crippen molar-refractivity contribution in [3.63, 3.8) is 0 Å². The zero-order chi connectivity index (χ0) is 24.5. The third-order valence-electron chi connectivity index (χ3n) is 6.08. The number of anilines is 4. The molecule has 4 aromatic carbocycles. The fourth-order valence-electron chi connectivity index (χ4n) is 4.31. The van der Waals surface area contributed by atoms with Gasteiger partial charge in [-0.15, -0.1) is 0 Å². The summed E-state index contributed by atoms with van der Waals surface area (Å²) in [6, 6.07) is 31.4. The molecule has 0 aromatic heterocycles. The smallest absolute Gasteiger partial charge is 0.196 e. The lowest BCUT2D eigenvalue weighted by atomic mass is 9.93. The van der Waals surface area contributed by atoms with Gasteiger partial charge in [0.25, 0.3) is 0 Å². The summed E-state index contributed by atoms with van der Waals surface area (Å²) in [6.45, 7) is 0.355. The summed E-state index contributed by atoms with van der Waals surface area (Å²) in [6.07, 6.45) is 0. The van der Waals surface area contributed by atoms with E-state index in [4.69, 9.17) is 0 Å². The average molecular weight is 590 g/mol. The van der Waals surface area contributed by atoms with Crippen LogP contribution in [0, 0.1) is 0 Å². The number of aliphatic hydroxyl groups is 1. The lowest BCUT2D eigenvalue weighted by Crippen LogP contribution is -2.31. The highest BCUT2D eigenvalue weighted by Gasteiger charge is 2.28. The minimum absolute atomic E-state index is 0.0155. The standard InChI is InChI=1S/C29H22Br2N2O2/c1-32-18-26(29(35)25-4-2-3-5-27(25)32)28(34)19-6-12-22(13-7-19)33(23-14-8-20(30)9-15-23)24-16-10-21(31)11-17-24/h2-17,34H,18H2,1H3. The van der Waals surface area contributed by atoms with Gasteiger partial charge in [0, 0.05) is 49.9 Å². The van der Waals surface area contributed by atoms with E-state index in [1.807, 2.05) is 103 Å². The van der Waals surface area contributed by atoms with Gasteiger partial charge in [0.05, 0.1) is 12.1 Å². The molecule has 0 radical (unpaired) electrons.